The predicted octanol–water partition coefficient (Wildman–Crippen LogP) is 2.33. The lowest BCUT2D eigenvalue weighted by Gasteiger charge is -2.28. The lowest BCUT2D eigenvalue weighted by atomic mass is 9.93. The summed E-state index contributed by atoms with van der Waals surface area (Å²) in [5, 5.41) is 11.9. The van der Waals surface area contributed by atoms with Gasteiger partial charge in [-0.25, -0.2) is 0 Å². The number of benzene rings is 2. The number of nitrogens with zero attached hydrogens (tertiary/aromatic N) is 3. The van der Waals surface area contributed by atoms with Crippen molar-refractivity contribution >= 4 is 40.7 Å². The number of likely N-dealkylation sites (N-methyl/N-ethyl adjacent to an activating group) is 1. The molecule has 126 valence electrons. The summed E-state index contributed by atoms with van der Waals surface area (Å²) in [6.45, 7) is 0.827. The second-order valence-electron chi connectivity index (χ2n) is 5.68. The minimum atomic E-state index is -0.504. The molecule has 1 heterocycles. The third-order valence-electron chi connectivity index (χ3n) is 3.94. The van der Waals surface area contributed by atoms with Crippen LogP contribution in [0.3, 0.4) is 0 Å². The highest BCUT2D eigenvalue weighted by Gasteiger charge is 2.34. The number of rotatable bonds is 4. The Hall–Kier alpha value is -2.51. The van der Waals surface area contributed by atoms with Crippen LogP contribution in [0.5, 0.6) is 0 Å². The summed E-state index contributed by atoms with van der Waals surface area (Å²) in [5.74, 6) is -0.814. The van der Waals surface area contributed by atoms with E-state index < -0.39 is 16.7 Å². The number of amides is 2. The van der Waals surface area contributed by atoms with E-state index in [1.165, 1.54) is 17.0 Å². The third-order valence-corrected chi connectivity index (χ3v) is 3.94. The van der Waals surface area contributed by atoms with Crippen molar-refractivity contribution in [3.8, 4) is 0 Å². The van der Waals surface area contributed by atoms with E-state index in [0.29, 0.717) is 28.4 Å². The fourth-order valence-electron chi connectivity index (χ4n) is 2.79. The molecule has 0 saturated heterocycles. The van der Waals surface area contributed by atoms with Gasteiger partial charge >= 0.3 is 0 Å². The van der Waals surface area contributed by atoms with Gasteiger partial charge in [-0.1, -0.05) is 6.07 Å². The van der Waals surface area contributed by atoms with Crippen LogP contribution < -0.4 is 0 Å². The Bertz CT molecular complexity index is 828. The summed E-state index contributed by atoms with van der Waals surface area (Å²) < 4.78 is 0. The molecule has 2 aromatic carbocycles. The Balaban J connectivity index is 0.00000208. The van der Waals surface area contributed by atoms with Crippen molar-refractivity contribution in [3.05, 3.63) is 51.6 Å². The molecule has 0 N–H and O–H groups in total. The van der Waals surface area contributed by atoms with Crippen LogP contribution in [0.1, 0.15) is 20.7 Å². The number of carbonyl (C=O) groups is 2. The maximum Gasteiger partial charge on any atom is 0.277 e. The number of imide groups is 1. The number of halogens is 1. The van der Waals surface area contributed by atoms with Crippen molar-refractivity contribution in [2.24, 2.45) is 0 Å². The lowest BCUT2D eigenvalue weighted by molar-refractivity contribution is -0.383. The largest absolute Gasteiger partial charge is 0.308 e. The summed E-state index contributed by atoms with van der Waals surface area (Å²) in [6.07, 6.45) is 0. The third kappa shape index (κ3) is 2.72. The average molecular weight is 350 g/mol. The van der Waals surface area contributed by atoms with Gasteiger partial charge in [0, 0.05) is 35.7 Å². The second kappa shape index (κ2) is 6.54. The van der Waals surface area contributed by atoms with Gasteiger partial charge in [-0.2, -0.15) is 0 Å². The molecular formula is C16H16ClN3O4. The van der Waals surface area contributed by atoms with Crippen LogP contribution in [-0.4, -0.2) is 53.7 Å². The van der Waals surface area contributed by atoms with Gasteiger partial charge in [-0.05, 0) is 32.3 Å². The Morgan fingerprint density at radius 1 is 1.08 bits per heavy atom. The van der Waals surface area contributed by atoms with Crippen molar-refractivity contribution in [1.82, 2.24) is 9.80 Å². The monoisotopic (exact) mass is 349 g/mol. The SMILES string of the molecule is CN(C)CCN1C(=O)c2cccc3c([N+](=O)[O-])ccc(c23)C1=O.Cl. The van der Waals surface area contributed by atoms with E-state index in [-0.39, 0.29) is 24.6 Å². The van der Waals surface area contributed by atoms with Gasteiger partial charge in [0.05, 0.1) is 10.3 Å². The highest BCUT2D eigenvalue weighted by molar-refractivity contribution is 6.26. The maximum absolute atomic E-state index is 12.6. The van der Waals surface area contributed by atoms with E-state index in [2.05, 4.69) is 0 Å². The van der Waals surface area contributed by atoms with E-state index in [1.54, 1.807) is 18.2 Å². The van der Waals surface area contributed by atoms with Crippen LogP contribution in [0.4, 0.5) is 5.69 Å². The molecule has 0 radical (unpaired) electrons. The summed E-state index contributed by atoms with van der Waals surface area (Å²) in [4.78, 5) is 39.0. The first kappa shape index (κ1) is 17.8. The Morgan fingerprint density at radius 2 is 1.71 bits per heavy atom. The molecule has 2 amide bonds. The minimum absolute atomic E-state index is 0. The Kier molecular flexibility index (Phi) is 4.86. The quantitative estimate of drug-likeness (QED) is 0.480. The topological polar surface area (TPSA) is 83.8 Å². The zero-order chi connectivity index (χ0) is 16.7. The van der Waals surface area contributed by atoms with Crippen molar-refractivity contribution < 1.29 is 14.5 Å². The molecule has 0 aromatic heterocycles. The Morgan fingerprint density at radius 3 is 2.29 bits per heavy atom. The van der Waals surface area contributed by atoms with Crippen LogP contribution in [0, 0.1) is 10.1 Å². The minimum Gasteiger partial charge on any atom is -0.308 e. The number of hydrogen-bond donors (Lipinski definition) is 0. The fraction of sp³-hybridized carbons (Fsp3) is 0.250. The van der Waals surface area contributed by atoms with E-state index in [1.807, 2.05) is 19.0 Å². The van der Waals surface area contributed by atoms with Crippen LogP contribution in [0.2, 0.25) is 0 Å². The first-order valence-corrected chi connectivity index (χ1v) is 7.13. The fourth-order valence-corrected chi connectivity index (χ4v) is 2.79. The van der Waals surface area contributed by atoms with Gasteiger partial charge < -0.3 is 4.90 Å². The molecule has 0 bridgehead atoms. The number of carbonyl (C=O) groups excluding carboxylic acids is 2. The number of nitro groups is 1. The van der Waals surface area contributed by atoms with Gasteiger partial charge in [-0.15, -0.1) is 12.4 Å². The van der Waals surface area contributed by atoms with E-state index >= 15 is 0 Å². The van der Waals surface area contributed by atoms with Crippen molar-refractivity contribution in [3.63, 3.8) is 0 Å². The molecule has 1 aliphatic heterocycles. The zero-order valence-corrected chi connectivity index (χ0v) is 14.0. The van der Waals surface area contributed by atoms with Crippen molar-refractivity contribution in [2.75, 3.05) is 27.2 Å². The molecule has 0 saturated carbocycles. The Labute approximate surface area is 144 Å². The second-order valence-corrected chi connectivity index (χ2v) is 5.68. The average Bonchev–Trinajstić information content (AvgIpc) is 2.51. The van der Waals surface area contributed by atoms with Gasteiger partial charge in [-0.3, -0.25) is 24.6 Å². The lowest BCUT2D eigenvalue weighted by Crippen LogP contribution is -2.43. The number of nitro benzene ring substituents is 1. The van der Waals surface area contributed by atoms with Crippen LogP contribution in [-0.2, 0) is 0 Å². The molecule has 24 heavy (non-hydrogen) atoms. The molecule has 2 aromatic rings. The van der Waals surface area contributed by atoms with E-state index in [0.717, 1.165) is 0 Å². The molecule has 0 atom stereocenters. The van der Waals surface area contributed by atoms with Gasteiger partial charge in [0.15, 0.2) is 0 Å². The zero-order valence-electron chi connectivity index (χ0n) is 13.2. The van der Waals surface area contributed by atoms with Gasteiger partial charge in [0.2, 0.25) is 0 Å². The molecule has 0 fully saturated rings. The van der Waals surface area contributed by atoms with Crippen LogP contribution >= 0.6 is 12.4 Å². The van der Waals surface area contributed by atoms with Crippen molar-refractivity contribution in [1.29, 1.82) is 0 Å². The summed E-state index contributed by atoms with van der Waals surface area (Å²) in [7, 11) is 3.72. The molecular weight excluding hydrogens is 334 g/mol. The highest BCUT2D eigenvalue weighted by atomic mass is 35.5. The summed E-state index contributed by atoms with van der Waals surface area (Å²) in [5.41, 5.74) is 0.562. The summed E-state index contributed by atoms with van der Waals surface area (Å²) in [6, 6.07) is 7.52. The van der Waals surface area contributed by atoms with Crippen LogP contribution in [0.25, 0.3) is 10.8 Å². The highest BCUT2D eigenvalue weighted by Crippen LogP contribution is 2.35. The maximum atomic E-state index is 12.6. The summed E-state index contributed by atoms with van der Waals surface area (Å²) >= 11 is 0. The molecule has 7 nitrogen and oxygen atoms in total. The van der Waals surface area contributed by atoms with Gasteiger partial charge in [0.25, 0.3) is 17.5 Å². The van der Waals surface area contributed by atoms with Crippen LogP contribution in [0.15, 0.2) is 30.3 Å². The normalized spacial score (nSPS) is 13.4. The smallest absolute Gasteiger partial charge is 0.277 e. The molecule has 0 unspecified atom stereocenters. The van der Waals surface area contributed by atoms with E-state index in [9.17, 15) is 19.7 Å². The molecule has 0 spiro atoms. The molecule has 8 heteroatoms. The van der Waals surface area contributed by atoms with Crippen molar-refractivity contribution in [2.45, 2.75) is 0 Å². The number of non-ortho nitro benzene ring substituents is 1. The first-order chi connectivity index (χ1) is 10.9. The molecule has 1 aliphatic rings. The van der Waals surface area contributed by atoms with E-state index in [4.69, 9.17) is 0 Å². The predicted molar refractivity (Wildman–Crippen MR) is 91.8 cm³/mol. The first-order valence-electron chi connectivity index (χ1n) is 7.13. The number of hydrogen-bond acceptors (Lipinski definition) is 5. The van der Waals surface area contributed by atoms with Gasteiger partial charge in [0.1, 0.15) is 0 Å². The standard InChI is InChI=1S/C16H15N3O4.ClH/c1-17(2)8-9-18-15(20)11-5-3-4-10-13(19(22)23)7-6-12(14(10)11)16(18)21;/h3-7H,8-9H2,1-2H3;1H. The molecule has 0 aliphatic carbocycles. The molecule has 3 rings (SSSR count).